The molecule has 5 heteroatoms. The zero-order valence-electron chi connectivity index (χ0n) is 18.6. The number of thiol groups is 1. The molecule has 2 aliphatic carbocycles. The Morgan fingerprint density at radius 3 is 2.37 bits per heavy atom. The van der Waals surface area contributed by atoms with Gasteiger partial charge in [-0.2, -0.15) is 0 Å². The molecular formula is C25H37N3OS. The summed E-state index contributed by atoms with van der Waals surface area (Å²) >= 11 is 4.54. The number of piperidine rings is 1. The lowest BCUT2D eigenvalue weighted by Gasteiger charge is -2.36. The number of likely N-dealkylation sites (tertiary alicyclic amines) is 1. The van der Waals surface area contributed by atoms with E-state index in [1.165, 1.54) is 72.9 Å². The van der Waals surface area contributed by atoms with Gasteiger partial charge in [0.2, 0.25) is 5.91 Å². The number of carbonyl (C=O) groups excluding carboxylic acids is 1. The predicted molar refractivity (Wildman–Crippen MR) is 129 cm³/mol. The summed E-state index contributed by atoms with van der Waals surface area (Å²) in [6.07, 6.45) is 14.0. The van der Waals surface area contributed by atoms with Crippen LogP contribution < -0.4 is 5.73 Å². The van der Waals surface area contributed by atoms with Crippen LogP contribution in [0.25, 0.3) is 0 Å². The number of amides is 1. The van der Waals surface area contributed by atoms with E-state index in [2.05, 4.69) is 43.5 Å². The summed E-state index contributed by atoms with van der Waals surface area (Å²) in [6.45, 7) is 8.11. The van der Waals surface area contributed by atoms with Gasteiger partial charge in [0.25, 0.3) is 0 Å². The second kappa shape index (κ2) is 10.5. The maximum absolute atomic E-state index is 11.2. The van der Waals surface area contributed by atoms with E-state index in [0.29, 0.717) is 12.5 Å². The summed E-state index contributed by atoms with van der Waals surface area (Å²) in [5, 5.41) is 0. The molecule has 2 N–H and O–H groups in total. The summed E-state index contributed by atoms with van der Waals surface area (Å²) in [4.78, 5) is 13.5. The molecule has 0 saturated carbocycles. The summed E-state index contributed by atoms with van der Waals surface area (Å²) in [7, 11) is 2.16. The Labute approximate surface area is 187 Å². The Morgan fingerprint density at radius 1 is 1.23 bits per heavy atom. The molecule has 164 valence electrons. The predicted octanol–water partition coefficient (Wildman–Crippen LogP) is 4.01. The summed E-state index contributed by atoms with van der Waals surface area (Å²) in [6, 6.07) is 2.90. The number of nitrogens with two attached hydrogens (primary N) is 1. The number of rotatable bonds is 5. The van der Waals surface area contributed by atoms with Crippen molar-refractivity contribution in [2.75, 3.05) is 20.1 Å². The first kappa shape index (κ1) is 23.0. The molecule has 4 nitrogen and oxygen atoms in total. The van der Waals surface area contributed by atoms with Gasteiger partial charge < -0.3 is 14.9 Å². The van der Waals surface area contributed by atoms with Crippen LogP contribution in [-0.4, -0.2) is 41.3 Å². The quantitative estimate of drug-likeness (QED) is 0.551. The topological polar surface area (TPSA) is 49.6 Å². The molecule has 1 amide bonds. The zero-order valence-corrected chi connectivity index (χ0v) is 19.5. The van der Waals surface area contributed by atoms with Crippen LogP contribution in [0.5, 0.6) is 0 Å². The second-order valence-electron chi connectivity index (χ2n) is 8.80. The second-order valence-corrected chi connectivity index (χ2v) is 9.23. The molecule has 1 aromatic rings. The highest BCUT2D eigenvalue weighted by Gasteiger charge is 2.24. The maximum atomic E-state index is 11.2. The van der Waals surface area contributed by atoms with E-state index in [9.17, 15) is 4.79 Å². The first-order chi connectivity index (χ1) is 14.4. The molecule has 1 aromatic carbocycles. The fourth-order valence-corrected chi connectivity index (χ4v) is 5.60. The highest BCUT2D eigenvalue weighted by molar-refractivity contribution is 7.77. The lowest BCUT2D eigenvalue weighted by Crippen LogP contribution is -2.42. The number of hydrogen-bond donors (Lipinski definition) is 2. The normalized spacial score (nSPS) is 20.8. The Balaban J connectivity index is 0.000000173. The van der Waals surface area contributed by atoms with Gasteiger partial charge in [-0.3, -0.25) is 4.79 Å². The maximum Gasteiger partial charge on any atom is 0.221 e. The Morgan fingerprint density at radius 2 is 1.87 bits per heavy atom. The molecule has 4 rings (SSSR count). The molecule has 0 bridgehead atoms. The number of aryl methyl sites for hydroxylation is 2. The molecule has 1 aliphatic heterocycles. The molecular weight excluding hydrogens is 390 g/mol. The van der Waals surface area contributed by atoms with Gasteiger partial charge in [0.15, 0.2) is 0 Å². The van der Waals surface area contributed by atoms with Crippen molar-refractivity contribution in [1.29, 1.82) is 0 Å². The van der Waals surface area contributed by atoms with Crippen molar-refractivity contribution in [2.24, 2.45) is 5.73 Å². The van der Waals surface area contributed by atoms with Gasteiger partial charge in [0, 0.05) is 12.2 Å². The van der Waals surface area contributed by atoms with Gasteiger partial charge in [-0.1, -0.05) is 31.5 Å². The Bertz CT molecular complexity index is 785. The van der Waals surface area contributed by atoms with Gasteiger partial charge >= 0.3 is 0 Å². The van der Waals surface area contributed by atoms with E-state index in [-0.39, 0.29) is 5.91 Å². The third-order valence-corrected chi connectivity index (χ3v) is 7.22. The summed E-state index contributed by atoms with van der Waals surface area (Å²) in [5.41, 5.74) is 13.6. The van der Waals surface area contributed by atoms with Gasteiger partial charge in [0.1, 0.15) is 0 Å². The number of hydrogen-bond acceptors (Lipinski definition) is 4. The first-order valence-corrected chi connectivity index (χ1v) is 11.7. The highest BCUT2D eigenvalue weighted by Crippen LogP contribution is 2.35. The van der Waals surface area contributed by atoms with Crippen LogP contribution in [-0.2, 0) is 36.9 Å². The molecule has 0 spiro atoms. The monoisotopic (exact) mass is 427 g/mol. The van der Waals surface area contributed by atoms with Crippen molar-refractivity contribution in [2.45, 2.75) is 70.8 Å². The molecule has 1 atom stereocenters. The third kappa shape index (κ3) is 5.30. The number of primary amides is 1. The Hall–Kier alpha value is -1.72. The van der Waals surface area contributed by atoms with Crippen molar-refractivity contribution in [3.8, 4) is 0 Å². The van der Waals surface area contributed by atoms with E-state index < -0.39 is 0 Å². The minimum atomic E-state index is -0.186. The fourth-order valence-electron chi connectivity index (χ4n) is 5.22. The van der Waals surface area contributed by atoms with Crippen molar-refractivity contribution < 1.29 is 4.79 Å². The standard InChI is InChI=1S/C14H17NO.C11H20N2S/c15-14(16)8-13-11-5-1-3-9(11)7-10-4-2-6-12(10)13;1-4-10(5-2)13(14)11-7-6-8-12(3)9-11/h7H,1-6,8H2,(H2,15,16);4-5,11,14H,1,6-9H2,2-3H3/b;10-5+. The largest absolute Gasteiger partial charge is 0.369 e. The molecule has 0 radical (unpaired) electrons. The SMILES string of the molecule is C=C/C(=C\C)N(S)C1CCCN(C)C1.NC(=O)Cc1c2c(cc3c1CCC3)CCC2. The Kier molecular flexibility index (Phi) is 8.06. The molecule has 3 aliphatic rings. The molecule has 1 fully saturated rings. The van der Waals surface area contributed by atoms with Gasteiger partial charge in [-0.15, -0.1) is 0 Å². The lowest BCUT2D eigenvalue weighted by molar-refractivity contribution is -0.117. The molecule has 30 heavy (non-hydrogen) atoms. The van der Waals surface area contributed by atoms with Crippen molar-refractivity contribution >= 4 is 18.7 Å². The lowest BCUT2D eigenvalue weighted by atomic mass is 9.92. The number of likely N-dealkylation sites (N-methyl/N-ethyl adjacent to an activating group) is 1. The van der Waals surface area contributed by atoms with E-state index >= 15 is 0 Å². The van der Waals surface area contributed by atoms with Crippen molar-refractivity contribution in [3.63, 3.8) is 0 Å². The van der Waals surface area contributed by atoms with E-state index in [1.807, 2.05) is 17.3 Å². The first-order valence-electron chi connectivity index (χ1n) is 11.3. The summed E-state index contributed by atoms with van der Waals surface area (Å²) in [5.74, 6) is -0.186. The van der Waals surface area contributed by atoms with Crippen LogP contribution >= 0.6 is 12.8 Å². The van der Waals surface area contributed by atoms with E-state index in [4.69, 9.17) is 5.73 Å². The zero-order chi connectivity index (χ0) is 21.7. The fraction of sp³-hybridized carbons (Fsp3) is 0.560. The van der Waals surface area contributed by atoms with Gasteiger partial charge in [0.05, 0.1) is 12.5 Å². The average molecular weight is 428 g/mol. The summed E-state index contributed by atoms with van der Waals surface area (Å²) < 4.78 is 2.04. The van der Waals surface area contributed by atoms with Gasteiger partial charge in [-0.05, 0) is 106 Å². The number of fused-ring (bicyclic) bond motifs is 2. The minimum Gasteiger partial charge on any atom is -0.369 e. The van der Waals surface area contributed by atoms with Crippen LogP contribution in [0.3, 0.4) is 0 Å². The van der Waals surface area contributed by atoms with E-state index in [0.717, 1.165) is 25.1 Å². The third-order valence-electron chi connectivity index (χ3n) is 6.66. The number of benzene rings is 1. The van der Waals surface area contributed by atoms with E-state index in [1.54, 1.807) is 0 Å². The molecule has 0 aromatic heterocycles. The van der Waals surface area contributed by atoms with Crippen LogP contribution in [0, 0.1) is 0 Å². The van der Waals surface area contributed by atoms with Crippen LogP contribution in [0.2, 0.25) is 0 Å². The minimum absolute atomic E-state index is 0.186. The number of carbonyl (C=O) groups is 1. The average Bonchev–Trinajstić information content (AvgIpc) is 3.38. The number of allylic oxidation sites excluding steroid dienone is 2. The van der Waals surface area contributed by atoms with Crippen LogP contribution in [0.1, 0.15) is 60.4 Å². The number of nitrogens with zero attached hydrogens (tertiary/aromatic N) is 2. The molecule has 1 unspecified atom stereocenters. The van der Waals surface area contributed by atoms with Crippen LogP contribution in [0.15, 0.2) is 30.5 Å². The van der Waals surface area contributed by atoms with Gasteiger partial charge in [-0.25, -0.2) is 0 Å². The van der Waals surface area contributed by atoms with Crippen molar-refractivity contribution in [1.82, 2.24) is 9.21 Å². The van der Waals surface area contributed by atoms with Crippen LogP contribution in [0.4, 0.5) is 0 Å². The highest BCUT2D eigenvalue weighted by atomic mass is 32.1. The van der Waals surface area contributed by atoms with Crippen molar-refractivity contribution in [3.05, 3.63) is 58.3 Å². The molecule has 1 heterocycles. The smallest absolute Gasteiger partial charge is 0.221 e. The molecule has 1 saturated heterocycles.